The number of hydrogen-bond donors (Lipinski definition) is 2. The Morgan fingerprint density at radius 1 is 1.19 bits per heavy atom. The van der Waals surface area contributed by atoms with Gasteiger partial charge in [0.1, 0.15) is 11.6 Å². The minimum atomic E-state index is -1.02. The molecule has 2 unspecified atom stereocenters. The number of nitrogens with two attached hydrogens (primary N) is 1. The van der Waals surface area contributed by atoms with Crippen molar-refractivity contribution < 1.29 is 14.2 Å². The summed E-state index contributed by atoms with van der Waals surface area (Å²) in [6.07, 6.45) is -1.02. The number of halogens is 1. The minimum absolute atomic E-state index is 0.190. The number of ether oxygens (including phenoxy) is 1. The SMILES string of the molecule is COc1ccc(C)cc1C(CN)C(O)c1ccccc1F. The summed E-state index contributed by atoms with van der Waals surface area (Å²) in [4.78, 5) is 0. The van der Waals surface area contributed by atoms with Crippen molar-refractivity contribution in [1.29, 1.82) is 0 Å². The molecule has 0 fully saturated rings. The molecular formula is C17H20FNO2. The number of rotatable bonds is 5. The lowest BCUT2D eigenvalue weighted by Crippen LogP contribution is -2.21. The smallest absolute Gasteiger partial charge is 0.129 e. The van der Waals surface area contributed by atoms with E-state index in [1.165, 1.54) is 6.07 Å². The number of benzene rings is 2. The van der Waals surface area contributed by atoms with Crippen LogP contribution in [0.2, 0.25) is 0 Å². The van der Waals surface area contributed by atoms with Gasteiger partial charge in [0.2, 0.25) is 0 Å². The fourth-order valence-corrected chi connectivity index (χ4v) is 2.50. The molecule has 21 heavy (non-hydrogen) atoms. The Kier molecular flexibility index (Phi) is 4.94. The predicted octanol–water partition coefficient (Wildman–Crippen LogP) is 2.92. The molecule has 0 aromatic heterocycles. The van der Waals surface area contributed by atoms with Crippen molar-refractivity contribution in [2.24, 2.45) is 5.73 Å². The molecule has 0 bridgehead atoms. The Morgan fingerprint density at radius 3 is 2.52 bits per heavy atom. The molecule has 0 aliphatic carbocycles. The van der Waals surface area contributed by atoms with Crippen molar-refractivity contribution in [1.82, 2.24) is 0 Å². The van der Waals surface area contributed by atoms with E-state index in [0.717, 1.165) is 11.1 Å². The van der Waals surface area contributed by atoms with Gasteiger partial charge in [-0.25, -0.2) is 4.39 Å². The first kappa shape index (κ1) is 15.5. The summed E-state index contributed by atoms with van der Waals surface area (Å²) >= 11 is 0. The van der Waals surface area contributed by atoms with Gasteiger partial charge in [0.05, 0.1) is 13.2 Å². The van der Waals surface area contributed by atoms with Gasteiger partial charge < -0.3 is 15.6 Å². The van der Waals surface area contributed by atoms with Crippen molar-refractivity contribution >= 4 is 0 Å². The highest BCUT2D eigenvalue weighted by molar-refractivity contribution is 5.41. The lowest BCUT2D eigenvalue weighted by atomic mass is 9.87. The van der Waals surface area contributed by atoms with Gasteiger partial charge in [0.15, 0.2) is 0 Å². The number of aliphatic hydroxyl groups excluding tert-OH is 1. The molecule has 0 radical (unpaired) electrons. The minimum Gasteiger partial charge on any atom is -0.496 e. The van der Waals surface area contributed by atoms with Crippen LogP contribution in [0.25, 0.3) is 0 Å². The van der Waals surface area contributed by atoms with Crippen LogP contribution >= 0.6 is 0 Å². The fraction of sp³-hybridized carbons (Fsp3) is 0.294. The van der Waals surface area contributed by atoms with E-state index >= 15 is 0 Å². The lowest BCUT2D eigenvalue weighted by molar-refractivity contribution is 0.141. The Bertz CT molecular complexity index is 615. The first-order valence-electron chi connectivity index (χ1n) is 6.85. The Morgan fingerprint density at radius 2 is 1.90 bits per heavy atom. The van der Waals surface area contributed by atoms with E-state index in [-0.39, 0.29) is 12.1 Å². The second-order valence-electron chi connectivity index (χ2n) is 5.05. The van der Waals surface area contributed by atoms with Crippen molar-refractivity contribution in [2.75, 3.05) is 13.7 Å². The summed E-state index contributed by atoms with van der Waals surface area (Å²) in [6, 6.07) is 11.9. The first-order chi connectivity index (χ1) is 10.1. The first-order valence-corrected chi connectivity index (χ1v) is 6.85. The van der Waals surface area contributed by atoms with Crippen LogP contribution in [0.3, 0.4) is 0 Å². The summed E-state index contributed by atoms with van der Waals surface area (Å²) in [6.45, 7) is 2.14. The highest BCUT2D eigenvalue weighted by Crippen LogP contribution is 2.36. The third-order valence-electron chi connectivity index (χ3n) is 3.64. The standard InChI is InChI=1S/C17H20FNO2/c1-11-7-8-16(21-2)13(9-11)14(10-19)17(20)12-5-3-4-6-15(12)18/h3-9,14,17,20H,10,19H2,1-2H3. The van der Waals surface area contributed by atoms with Crippen molar-refractivity contribution in [3.63, 3.8) is 0 Å². The average molecular weight is 289 g/mol. The summed E-state index contributed by atoms with van der Waals surface area (Å²) in [7, 11) is 1.57. The number of aliphatic hydroxyl groups is 1. The molecule has 0 saturated carbocycles. The zero-order valence-electron chi connectivity index (χ0n) is 12.2. The molecule has 0 amide bonds. The van der Waals surface area contributed by atoms with Crippen molar-refractivity contribution in [3.8, 4) is 5.75 Å². The van der Waals surface area contributed by atoms with Crippen LogP contribution in [0, 0.1) is 12.7 Å². The largest absolute Gasteiger partial charge is 0.496 e. The maximum Gasteiger partial charge on any atom is 0.129 e. The maximum absolute atomic E-state index is 13.9. The maximum atomic E-state index is 13.9. The molecule has 2 aromatic carbocycles. The van der Waals surface area contributed by atoms with Crippen LogP contribution in [0.4, 0.5) is 4.39 Å². The quantitative estimate of drug-likeness (QED) is 0.890. The molecule has 3 nitrogen and oxygen atoms in total. The number of methoxy groups -OCH3 is 1. The molecule has 2 aromatic rings. The average Bonchev–Trinajstić information content (AvgIpc) is 2.48. The van der Waals surface area contributed by atoms with Gasteiger partial charge in [-0.1, -0.05) is 35.9 Å². The van der Waals surface area contributed by atoms with E-state index in [9.17, 15) is 9.50 Å². The van der Waals surface area contributed by atoms with E-state index in [2.05, 4.69) is 0 Å². The van der Waals surface area contributed by atoms with Crippen LogP contribution in [-0.4, -0.2) is 18.8 Å². The normalized spacial score (nSPS) is 13.8. The monoisotopic (exact) mass is 289 g/mol. The molecule has 3 N–H and O–H groups in total. The number of aryl methyl sites for hydroxylation is 1. The van der Waals surface area contributed by atoms with Crippen LogP contribution < -0.4 is 10.5 Å². The molecule has 0 heterocycles. The summed E-state index contributed by atoms with van der Waals surface area (Å²) in [5.41, 5.74) is 7.90. The highest BCUT2D eigenvalue weighted by atomic mass is 19.1. The van der Waals surface area contributed by atoms with E-state index in [1.807, 2.05) is 25.1 Å². The highest BCUT2D eigenvalue weighted by Gasteiger charge is 2.26. The zero-order valence-corrected chi connectivity index (χ0v) is 12.2. The van der Waals surface area contributed by atoms with E-state index in [0.29, 0.717) is 5.75 Å². The molecule has 112 valence electrons. The predicted molar refractivity (Wildman–Crippen MR) is 80.9 cm³/mol. The van der Waals surface area contributed by atoms with E-state index in [4.69, 9.17) is 10.5 Å². The van der Waals surface area contributed by atoms with Gasteiger partial charge in [0, 0.05) is 23.6 Å². The van der Waals surface area contributed by atoms with E-state index < -0.39 is 17.8 Å². The second kappa shape index (κ2) is 6.70. The molecule has 4 heteroatoms. The summed E-state index contributed by atoms with van der Waals surface area (Å²) in [5, 5.41) is 10.5. The molecule has 0 spiro atoms. The van der Waals surface area contributed by atoms with Gasteiger partial charge in [-0.3, -0.25) is 0 Å². The molecule has 2 rings (SSSR count). The van der Waals surface area contributed by atoms with Crippen LogP contribution in [-0.2, 0) is 0 Å². The second-order valence-corrected chi connectivity index (χ2v) is 5.05. The Hall–Kier alpha value is -1.91. The van der Waals surface area contributed by atoms with Crippen LogP contribution in [0.1, 0.15) is 28.7 Å². The molecule has 0 saturated heterocycles. The summed E-state index contributed by atoms with van der Waals surface area (Å²) < 4.78 is 19.2. The molecule has 0 aliphatic rings. The van der Waals surface area contributed by atoms with Crippen molar-refractivity contribution in [3.05, 3.63) is 65.0 Å². The van der Waals surface area contributed by atoms with E-state index in [1.54, 1.807) is 25.3 Å². The molecular weight excluding hydrogens is 269 g/mol. The van der Waals surface area contributed by atoms with Crippen molar-refractivity contribution in [2.45, 2.75) is 18.9 Å². The van der Waals surface area contributed by atoms with Gasteiger partial charge in [-0.15, -0.1) is 0 Å². The lowest BCUT2D eigenvalue weighted by Gasteiger charge is -2.24. The summed E-state index contributed by atoms with van der Waals surface area (Å²) in [5.74, 6) is -0.224. The molecule has 0 aliphatic heterocycles. The van der Waals surface area contributed by atoms with Crippen LogP contribution in [0.15, 0.2) is 42.5 Å². The zero-order chi connectivity index (χ0) is 15.4. The fourth-order valence-electron chi connectivity index (χ4n) is 2.50. The Balaban J connectivity index is 2.44. The van der Waals surface area contributed by atoms with Gasteiger partial charge >= 0.3 is 0 Å². The van der Waals surface area contributed by atoms with Gasteiger partial charge in [0.25, 0.3) is 0 Å². The number of hydrogen-bond acceptors (Lipinski definition) is 3. The Labute approximate surface area is 124 Å². The van der Waals surface area contributed by atoms with Gasteiger partial charge in [-0.2, -0.15) is 0 Å². The van der Waals surface area contributed by atoms with Gasteiger partial charge in [-0.05, 0) is 19.1 Å². The third-order valence-corrected chi connectivity index (χ3v) is 3.64. The molecule has 2 atom stereocenters. The van der Waals surface area contributed by atoms with Crippen LogP contribution in [0.5, 0.6) is 5.75 Å². The topological polar surface area (TPSA) is 55.5 Å². The third kappa shape index (κ3) is 3.23.